The summed E-state index contributed by atoms with van der Waals surface area (Å²) in [5, 5.41) is 2.61. The first-order valence-electron chi connectivity index (χ1n) is 7.73. The third-order valence-electron chi connectivity index (χ3n) is 3.86. The number of nitrogens with one attached hydrogen (secondary N) is 1. The zero-order valence-corrected chi connectivity index (χ0v) is 13.4. The smallest absolute Gasteiger partial charge is 0.261 e. The number of carbonyl (C=O) groups is 2. The van der Waals surface area contributed by atoms with E-state index in [0.717, 1.165) is 25.0 Å². The lowest BCUT2D eigenvalue weighted by atomic mass is 10.1. The van der Waals surface area contributed by atoms with Crippen molar-refractivity contribution in [2.75, 3.05) is 10.2 Å². The van der Waals surface area contributed by atoms with Crippen LogP contribution in [0.1, 0.15) is 30.1 Å². The van der Waals surface area contributed by atoms with Crippen molar-refractivity contribution in [3.63, 3.8) is 0 Å². The van der Waals surface area contributed by atoms with Gasteiger partial charge in [-0.2, -0.15) is 0 Å². The fourth-order valence-corrected chi connectivity index (χ4v) is 2.56. The number of nitrogens with zero attached hydrogens (tertiary/aromatic N) is 1. The second-order valence-electron chi connectivity index (χ2n) is 5.86. The summed E-state index contributed by atoms with van der Waals surface area (Å²) in [7, 11) is 0. The zero-order chi connectivity index (χ0) is 18.1. The van der Waals surface area contributed by atoms with Gasteiger partial charge in [0, 0.05) is 24.3 Å². The molecule has 25 heavy (non-hydrogen) atoms. The standard InChI is InChI=1S/C18H15F3N2O2/c1-10(24)22-11-2-4-12(5-3-11)23(13-6-7-13)18(25)14-8-9-15(19)17(21)16(14)20/h2-5,8-9,13H,6-7H2,1H3,(H,22,24). The molecule has 7 heteroatoms. The molecule has 130 valence electrons. The quantitative estimate of drug-likeness (QED) is 0.853. The Kier molecular flexibility index (Phi) is 4.48. The van der Waals surface area contributed by atoms with E-state index in [1.807, 2.05) is 0 Å². The van der Waals surface area contributed by atoms with Crippen LogP contribution in [0.2, 0.25) is 0 Å². The van der Waals surface area contributed by atoms with Crippen LogP contribution in [0.15, 0.2) is 36.4 Å². The van der Waals surface area contributed by atoms with Crippen molar-refractivity contribution >= 4 is 23.2 Å². The van der Waals surface area contributed by atoms with Crippen molar-refractivity contribution in [3.8, 4) is 0 Å². The van der Waals surface area contributed by atoms with Gasteiger partial charge in [-0.3, -0.25) is 9.59 Å². The van der Waals surface area contributed by atoms with E-state index >= 15 is 0 Å². The highest BCUT2D eigenvalue weighted by Gasteiger charge is 2.36. The lowest BCUT2D eigenvalue weighted by Gasteiger charge is -2.23. The molecule has 0 unspecified atom stereocenters. The zero-order valence-electron chi connectivity index (χ0n) is 13.4. The monoisotopic (exact) mass is 348 g/mol. The van der Waals surface area contributed by atoms with Crippen molar-refractivity contribution in [2.45, 2.75) is 25.8 Å². The first-order valence-corrected chi connectivity index (χ1v) is 7.73. The van der Waals surface area contributed by atoms with Crippen molar-refractivity contribution < 1.29 is 22.8 Å². The molecule has 1 aliphatic rings. The first kappa shape index (κ1) is 17.0. The normalized spacial score (nSPS) is 13.4. The minimum absolute atomic E-state index is 0.119. The molecular formula is C18H15F3N2O2. The molecular weight excluding hydrogens is 333 g/mol. The number of rotatable bonds is 4. The van der Waals surface area contributed by atoms with Crippen LogP contribution in [0.4, 0.5) is 24.5 Å². The average molecular weight is 348 g/mol. The molecule has 4 nitrogen and oxygen atoms in total. The summed E-state index contributed by atoms with van der Waals surface area (Å²) >= 11 is 0. The number of amides is 2. The summed E-state index contributed by atoms with van der Waals surface area (Å²) in [5.41, 5.74) is 0.529. The van der Waals surface area contributed by atoms with E-state index in [-0.39, 0.29) is 11.9 Å². The van der Waals surface area contributed by atoms with Crippen LogP contribution in [0.5, 0.6) is 0 Å². The van der Waals surface area contributed by atoms with E-state index in [2.05, 4.69) is 5.32 Å². The fraction of sp³-hybridized carbons (Fsp3) is 0.222. The molecule has 0 atom stereocenters. The summed E-state index contributed by atoms with van der Waals surface area (Å²) in [5.74, 6) is -5.46. The Labute approximate surface area is 142 Å². The van der Waals surface area contributed by atoms with Crippen LogP contribution in [0.3, 0.4) is 0 Å². The van der Waals surface area contributed by atoms with Gasteiger partial charge >= 0.3 is 0 Å². The van der Waals surface area contributed by atoms with Gasteiger partial charge in [-0.05, 0) is 49.2 Å². The van der Waals surface area contributed by atoms with Crippen LogP contribution in [-0.2, 0) is 4.79 Å². The molecule has 0 heterocycles. The van der Waals surface area contributed by atoms with Crippen LogP contribution in [0.25, 0.3) is 0 Å². The maximum atomic E-state index is 14.0. The van der Waals surface area contributed by atoms with E-state index < -0.39 is 28.9 Å². The summed E-state index contributed by atoms with van der Waals surface area (Å²) in [6, 6.07) is 8.00. The number of hydrogen-bond acceptors (Lipinski definition) is 2. The van der Waals surface area contributed by atoms with Crippen LogP contribution in [0, 0.1) is 17.5 Å². The Bertz CT molecular complexity index is 833. The number of carbonyl (C=O) groups excluding carboxylic acids is 2. The van der Waals surface area contributed by atoms with E-state index in [1.54, 1.807) is 24.3 Å². The molecule has 0 spiro atoms. The molecule has 1 N–H and O–H groups in total. The van der Waals surface area contributed by atoms with Gasteiger partial charge in [-0.15, -0.1) is 0 Å². The van der Waals surface area contributed by atoms with Crippen LogP contribution >= 0.6 is 0 Å². The average Bonchev–Trinajstić information content (AvgIpc) is 3.39. The Hall–Kier alpha value is -2.83. The van der Waals surface area contributed by atoms with Gasteiger partial charge in [0.25, 0.3) is 5.91 Å². The summed E-state index contributed by atoms with van der Waals surface area (Å²) in [6.45, 7) is 1.37. The van der Waals surface area contributed by atoms with Gasteiger partial charge < -0.3 is 10.2 Å². The molecule has 0 aliphatic heterocycles. The Morgan fingerprint density at radius 2 is 1.64 bits per heavy atom. The predicted octanol–water partition coefficient (Wildman–Crippen LogP) is 3.87. The fourth-order valence-electron chi connectivity index (χ4n) is 2.56. The second kappa shape index (κ2) is 6.58. The molecule has 0 radical (unpaired) electrons. The number of hydrogen-bond donors (Lipinski definition) is 1. The number of benzene rings is 2. The van der Waals surface area contributed by atoms with Crippen molar-refractivity contribution in [1.82, 2.24) is 0 Å². The van der Waals surface area contributed by atoms with Gasteiger partial charge in [0.05, 0.1) is 5.56 Å². The highest BCUT2D eigenvalue weighted by Crippen LogP contribution is 2.34. The number of halogens is 3. The Morgan fingerprint density at radius 3 is 2.20 bits per heavy atom. The summed E-state index contributed by atoms with van der Waals surface area (Å²) < 4.78 is 40.5. The van der Waals surface area contributed by atoms with E-state index in [0.29, 0.717) is 11.4 Å². The molecule has 1 fully saturated rings. The van der Waals surface area contributed by atoms with Crippen molar-refractivity contribution in [2.24, 2.45) is 0 Å². The van der Waals surface area contributed by atoms with E-state index in [4.69, 9.17) is 0 Å². The van der Waals surface area contributed by atoms with E-state index in [9.17, 15) is 22.8 Å². The summed E-state index contributed by atoms with van der Waals surface area (Å²) in [4.78, 5) is 25.1. The largest absolute Gasteiger partial charge is 0.326 e. The van der Waals surface area contributed by atoms with Gasteiger partial charge in [0.15, 0.2) is 17.5 Å². The molecule has 1 saturated carbocycles. The summed E-state index contributed by atoms with van der Waals surface area (Å²) in [6.07, 6.45) is 1.48. The minimum atomic E-state index is -1.66. The SMILES string of the molecule is CC(=O)Nc1ccc(N(C(=O)c2ccc(F)c(F)c2F)C2CC2)cc1. The van der Waals surface area contributed by atoms with Gasteiger partial charge in [0.1, 0.15) is 0 Å². The number of anilines is 2. The highest BCUT2D eigenvalue weighted by molar-refractivity contribution is 6.07. The Morgan fingerprint density at radius 1 is 1.00 bits per heavy atom. The van der Waals surface area contributed by atoms with Crippen LogP contribution in [-0.4, -0.2) is 17.9 Å². The second-order valence-corrected chi connectivity index (χ2v) is 5.86. The van der Waals surface area contributed by atoms with Gasteiger partial charge in [0.2, 0.25) is 5.91 Å². The lowest BCUT2D eigenvalue weighted by molar-refractivity contribution is -0.114. The molecule has 2 amide bonds. The third kappa shape index (κ3) is 3.50. The van der Waals surface area contributed by atoms with Gasteiger partial charge in [-0.25, -0.2) is 13.2 Å². The lowest BCUT2D eigenvalue weighted by Crippen LogP contribution is -2.34. The van der Waals surface area contributed by atoms with E-state index in [1.165, 1.54) is 11.8 Å². The molecule has 2 aromatic carbocycles. The highest BCUT2D eigenvalue weighted by atomic mass is 19.2. The predicted molar refractivity (Wildman–Crippen MR) is 86.9 cm³/mol. The molecule has 3 rings (SSSR count). The molecule has 1 aliphatic carbocycles. The molecule has 2 aromatic rings. The topological polar surface area (TPSA) is 49.4 Å². The van der Waals surface area contributed by atoms with Crippen LogP contribution < -0.4 is 10.2 Å². The maximum Gasteiger partial charge on any atom is 0.261 e. The Balaban J connectivity index is 1.93. The third-order valence-corrected chi connectivity index (χ3v) is 3.86. The maximum absolute atomic E-state index is 14.0. The first-order chi connectivity index (χ1) is 11.9. The van der Waals surface area contributed by atoms with Gasteiger partial charge in [-0.1, -0.05) is 0 Å². The van der Waals surface area contributed by atoms with Crippen molar-refractivity contribution in [1.29, 1.82) is 0 Å². The molecule has 0 bridgehead atoms. The minimum Gasteiger partial charge on any atom is -0.326 e. The molecule has 0 saturated heterocycles. The van der Waals surface area contributed by atoms with Crippen molar-refractivity contribution in [3.05, 3.63) is 59.4 Å². The molecule has 0 aromatic heterocycles.